The van der Waals surface area contributed by atoms with Crippen LogP contribution in [0.25, 0.3) is 0 Å². The predicted molar refractivity (Wildman–Crippen MR) is 70.3 cm³/mol. The van der Waals surface area contributed by atoms with E-state index in [9.17, 15) is 4.79 Å². The highest BCUT2D eigenvalue weighted by Crippen LogP contribution is 2.00. The van der Waals surface area contributed by atoms with Crippen molar-refractivity contribution in [2.24, 2.45) is 5.84 Å². The molecule has 1 amide bonds. The minimum atomic E-state index is -0.462. The predicted octanol–water partition coefficient (Wildman–Crippen LogP) is 1.67. The maximum Gasteiger partial charge on any atom is 0.407 e. The lowest BCUT2D eigenvalue weighted by atomic mass is 10.2. The van der Waals surface area contributed by atoms with Crippen LogP contribution in [0, 0.1) is 0 Å². The highest BCUT2D eigenvalue weighted by molar-refractivity contribution is 5.67. The van der Waals surface area contributed by atoms with Crippen molar-refractivity contribution in [3.05, 3.63) is 47.7 Å². The molecule has 5 nitrogen and oxygen atoms in total. The highest BCUT2D eigenvalue weighted by Gasteiger charge is 2.03. The number of carbonyl (C=O) groups is 1. The zero-order valence-corrected chi connectivity index (χ0v) is 10.5. The number of nitrogens with two attached hydrogens (primary N) is 1. The molecular formula is C13H19N3O2. The van der Waals surface area contributed by atoms with Gasteiger partial charge in [0.25, 0.3) is 0 Å². The Morgan fingerprint density at radius 2 is 2.11 bits per heavy atom. The Morgan fingerprint density at radius 1 is 1.39 bits per heavy atom. The molecule has 0 aliphatic carbocycles. The van der Waals surface area contributed by atoms with E-state index in [0.29, 0.717) is 6.54 Å². The van der Waals surface area contributed by atoms with Crippen molar-refractivity contribution in [3.8, 4) is 0 Å². The fourth-order valence-electron chi connectivity index (χ4n) is 1.37. The molecule has 98 valence electrons. The van der Waals surface area contributed by atoms with E-state index in [-0.39, 0.29) is 6.61 Å². The molecule has 0 aromatic heterocycles. The third kappa shape index (κ3) is 5.36. The van der Waals surface area contributed by atoms with E-state index in [1.807, 2.05) is 43.3 Å². The number of nitrogens with one attached hydrogen (secondary N) is 2. The first-order chi connectivity index (χ1) is 8.76. The fraction of sp³-hybridized carbons (Fsp3) is 0.308. The lowest BCUT2D eigenvalue weighted by Crippen LogP contribution is -2.33. The first kappa shape index (κ1) is 14.1. The topological polar surface area (TPSA) is 76.4 Å². The molecule has 18 heavy (non-hydrogen) atoms. The minimum absolute atomic E-state index is 0.259. The summed E-state index contributed by atoms with van der Waals surface area (Å²) in [5, 5.41) is 2.62. The van der Waals surface area contributed by atoms with Crippen molar-refractivity contribution in [1.29, 1.82) is 0 Å². The third-order valence-electron chi connectivity index (χ3n) is 2.27. The van der Waals surface area contributed by atoms with Gasteiger partial charge < -0.3 is 15.5 Å². The summed E-state index contributed by atoms with van der Waals surface area (Å²) in [6, 6.07) is 9.51. The molecule has 4 N–H and O–H groups in total. The van der Waals surface area contributed by atoms with Gasteiger partial charge in [-0.25, -0.2) is 4.79 Å². The van der Waals surface area contributed by atoms with Crippen molar-refractivity contribution in [2.75, 3.05) is 6.54 Å². The molecule has 0 saturated carbocycles. The van der Waals surface area contributed by atoms with Crippen LogP contribution in [-0.2, 0) is 11.3 Å². The Labute approximate surface area is 107 Å². The van der Waals surface area contributed by atoms with Crippen LogP contribution >= 0.6 is 0 Å². The average molecular weight is 249 g/mol. The van der Waals surface area contributed by atoms with Gasteiger partial charge in [-0.15, -0.1) is 0 Å². The van der Waals surface area contributed by atoms with Crippen LogP contribution in [0.3, 0.4) is 0 Å². The van der Waals surface area contributed by atoms with Gasteiger partial charge in [-0.1, -0.05) is 43.3 Å². The lowest BCUT2D eigenvalue weighted by molar-refractivity contribution is 0.140. The second-order valence-corrected chi connectivity index (χ2v) is 3.70. The van der Waals surface area contributed by atoms with Gasteiger partial charge in [-0.05, 0) is 12.0 Å². The zero-order valence-electron chi connectivity index (χ0n) is 10.5. The van der Waals surface area contributed by atoms with Crippen molar-refractivity contribution < 1.29 is 9.53 Å². The van der Waals surface area contributed by atoms with Gasteiger partial charge >= 0.3 is 6.09 Å². The van der Waals surface area contributed by atoms with E-state index in [1.165, 1.54) is 0 Å². The van der Waals surface area contributed by atoms with Crippen molar-refractivity contribution >= 4 is 6.09 Å². The second-order valence-electron chi connectivity index (χ2n) is 3.70. The van der Waals surface area contributed by atoms with E-state index in [2.05, 4.69) is 10.7 Å². The molecule has 1 rings (SSSR count). The fourth-order valence-corrected chi connectivity index (χ4v) is 1.37. The third-order valence-corrected chi connectivity index (χ3v) is 2.27. The quantitative estimate of drug-likeness (QED) is 0.529. The van der Waals surface area contributed by atoms with Crippen molar-refractivity contribution in [2.45, 2.75) is 20.0 Å². The van der Waals surface area contributed by atoms with E-state index >= 15 is 0 Å². The number of alkyl carbamates (subject to hydrolysis) is 1. The molecule has 0 bridgehead atoms. The average Bonchev–Trinajstić information content (AvgIpc) is 2.42. The summed E-state index contributed by atoms with van der Waals surface area (Å²) < 4.78 is 5.06. The van der Waals surface area contributed by atoms with Crippen LogP contribution < -0.4 is 16.6 Å². The molecule has 0 spiro atoms. The summed E-state index contributed by atoms with van der Waals surface area (Å²) in [6.45, 7) is 2.58. The van der Waals surface area contributed by atoms with Gasteiger partial charge in [0.2, 0.25) is 0 Å². The van der Waals surface area contributed by atoms with Crippen LogP contribution in [0.5, 0.6) is 0 Å². The Morgan fingerprint density at radius 3 is 2.72 bits per heavy atom. The first-order valence-corrected chi connectivity index (χ1v) is 5.86. The van der Waals surface area contributed by atoms with Gasteiger partial charge in [0.15, 0.2) is 0 Å². The number of hydrogen-bond acceptors (Lipinski definition) is 4. The van der Waals surface area contributed by atoms with Gasteiger partial charge in [-0.3, -0.25) is 5.84 Å². The van der Waals surface area contributed by atoms with Gasteiger partial charge in [0.1, 0.15) is 6.61 Å². The summed E-state index contributed by atoms with van der Waals surface area (Å²) in [6.07, 6.45) is 2.29. The van der Waals surface area contributed by atoms with E-state index in [0.717, 1.165) is 17.7 Å². The van der Waals surface area contributed by atoms with E-state index in [1.54, 1.807) is 0 Å². The summed E-state index contributed by atoms with van der Waals surface area (Å²) in [5.74, 6) is 5.30. The van der Waals surface area contributed by atoms with Crippen LogP contribution in [0.1, 0.15) is 18.9 Å². The summed E-state index contributed by atoms with van der Waals surface area (Å²) in [7, 11) is 0. The molecule has 0 saturated heterocycles. The highest BCUT2D eigenvalue weighted by atomic mass is 16.5. The number of ether oxygens (including phenoxy) is 1. The Hall–Kier alpha value is -2.01. The smallest absolute Gasteiger partial charge is 0.407 e. The molecular weight excluding hydrogens is 230 g/mol. The molecule has 1 aromatic carbocycles. The molecule has 0 atom stereocenters. The van der Waals surface area contributed by atoms with Crippen LogP contribution in [-0.4, -0.2) is 12.6 Å². The van der Waals surface area contributed by atoms with Gasteiger partial charge in [-0.2, -0.15) is 0 Å². The number of hydrazine groups is 1. The molecule has 0 fully saturated rings. The standard InChI is InChI=1S/C13H19N3O2/c1-2-6-12(16-14)9-15-13(17)18-10-11-7-4-3-5-8-11/h3-8,16H,2,9-10,14H2,1H3,(H,15,17)/b12-6+. The normalized spacial score (nSPS) is 10.9. The van der Waals surface area contributed by atoms with E-state index < -0.39 is 6.09 Å². The number of allylic oxidation sites excluding steroid dienone is 1. The molecule has 5 heteroatoms. The maximum atomic E-state index is 11.4. The summed E-state index contributed by atoms with van der Waals surface area (Å²) >= 11 is 0. The molecule has 1 aromatic rings. The molecule has 0 aliphatic rings. The van der Waals surface area contributed by atoms with E-state index in [4.69, 9.17) is 10.6 Å². The number of carbonyl (C=O) groups excluding carboxylic acids is 1. The Bertz CT molecular complexity index is 390. The number of hydrogen-bond donors (Lipinski definition) is 3. The van der Waals surface area contributed by atoms with Crippen LogP contribution in [0.4, 0.5) is 4.79 Å². The summed E-state index contributed by atoms with van der Waals surface area (Å²) in [4.78, 5) is 11.4. The lowest BCUT2D eigenvalue weighted by Gasteiger charge is -2.09. The second kappa shape index (κ2) is 8.14. The SMILES string of the molecule is CC/C=C(\CNC(=O)OCc1ccccc1)NN. The monoisotopic (exact) mass is 249 g/mol. The number of amides is 1. The molecule has 0 heterocycles. The number of rotatable bonds is 6. The molecule has 0 aliphatic heterocycles. The van der Waals surface area contributed by atoms with Crippen LogP contribution in [0.2, 0.25) is 0 Å². The Balaban J connectivity index is 2.28. The van der Waals surface area contributed by atoms with Crippen molar-refractivity contribution in [3.63, 3.8) is 0 Å². The summed E-state index contributed by atoms with van der Waals surface area (Å²) in [5.41, 5.74) is 4.23. The zero-order chi connectivity index (χ0) is 13.2. The van der Waals surface area contributed by atoms with Gasteiger partial charge in [0.05, 0.1) is 6.54 Å². The van der Waals surface area contributed by atoms with Crippen LogP contribution in [0.15, 0.2) is 42.1 Å². The maximum absolute atomic E-state index is 11.4. The molecule has 0 unspecified atom stereocenters. The van der Waals surface area contributed by atoms with Gasteiger partial charge in [0, 0.05) is 5.70 Å². The largest absolute Gasteiger partial charge is 0.445 e. The molecule has 0 radical (unpaired) electrons. The minimum Gasteiger partial charge on any atom is -0.445 e. The Kier molecular flexibility index (Phi) is 6.35. The number of benzene rings is 1. The van der Waals surface area contributed by atoms with Crippen molar-refractivity contribution in [1.82, 2.24) is 10.7 Å². The first-order valence-electron chi connectivity index (χ1n) is 5.86.